The molecule has 0 aliphatic heterocycles. The van der Waals surface area contributed by atoms with Crippen LogP contribution in [0.5, 0.6) is 0 Å². The van der Waals surface area contributed by atoms with Crippen molar-refractivity contribution in [3.8, 4) is 56.4 Å². The molecule has 8 rings (SSSR count). The molecule has 0 fully saturated rings. The summed E-state index contributed by atoms with van der Waals surface area (Å²) in [6.07, 6.45) is 0. The van der Waals surface area contributed by atoms with E-state index in [2.05, 4.69) is 0 Å². The van der Waals surface area contributed by atoms with Crippen molar-refractivity contribution in [3.05, 3.63) is 91.0 Å². The lowest BCUT2D eigenvalue weighted by atomic mass is 9.59. The average Bonchev–Trinajstić information content (AvgIpc) is 3.55. The van der Waals surface area contributed by atoms with E-state index in [-0.39, 0.29) is 54.6 Å². The van der Waals surface area contributed by atoms with E-state index in [4.69, 9.17) is 97.8 Å². The summed E-state index contributed by atoms with van der Waals surface area (Å²) in [6.45, 7) is 0. The van der Waals surface area contributed by atoms with E-state index in [9.17, 15) is 0 Å². The Balaban J connectivity index is 1.23. The zero-order valence-corrected chi connectivity index (χ0v) is 28.2. The molecule has 0 aliphatic rings. The molecule has 20 radical (unpaired) electrons. The van der Waals surface area contributed by atoms with Crippen molar-refractivity contribution in [1.29, 1.82) is 0 Å². The minimum atomic E-state index is 0.153. The van der Waals surface area contributed by atoms with Crippen molar-refractivity contribution in [2.75, 3.05) is 0 Å². The van der Waals surface area contributed by atoms with Crippen LogP contribution in [0.15, 0.2) is 95.4 Å². The third kappa shape index (κ3) is 5.84. The van der Waals surface area contributed by atoms with Gasteiger partial charge in [0.15, 0.2) is 17.5 Å². The Morgan fingerprint density at radius 1 is 0.321 bits per heavy atom. The summed E-state index contributed by atoms with van der Waals surface area (Å²) in [5, 5.41) is 1.71. The highest BCUT2D eigenvalue weighted by atomic mass is 16.3. The van der Waals surface area contributed by atoms with Gasteiger partial charge < -0.3 is 4.42 Å². The molecule has 8 aromatic rings. The van der Waals surface area contributed by atoms with Crippen molar-refractivity contribution in [1.82, 2.24) is 15.0 Å². The number of aromatic nitrogens is 3. The standard InChI is InChI=1S/C39H15B10N3O/c40-27-25(28(41)32(45)35(48)31(27)44)16-6-8-18(9-7-16)38-50-37(17-4-2-1-3-5-17)51-39(52-38)20-11-13-23-22(14-20)21-12-10-19(15-24(21)53-23)26-29(42)33(46)36(49)34(47)30(26)43/h1-15H. The molecule has 2 heterocycles. The van der Waals surface area contributed by atoms with E-state index in [0.717, 1.165) is 27.5 Å². The fourth-order valence-electron chi connectivity index (χ4n) is 6.53. The summed E-state index contributed by atoms with van der Waals surface area (Å²) < 4.78 is 6.28. The number of nitrogens with zero attached hydrogens (tertiary/aromatic N) is 3. The van der Waals surface area contributed by atoms with E-state index in [1.807, 2.05) is 91.0 Å². The van der Waals surface area contributed by atoms with Gasteiger partial charge in [0.2, 0.25) is 0 Å². The van der Waals surface area contributed by atoms with Crippen LogP contribution in [0.4, 0.5) is 0 Å². The van der Waals surface area contributed by atoms with Crippen LogP contribution in [0, 0.1) is 0 Å². The molecule has 53 heavy (non-hydrogen) atoms. The Morgan fingerprint density at radius 2 is 0.736 bits per heavy atom. The van der Waals surface area contributed by atoms with Crippen LogP contribution < -0.4 is 54.6 Å². The number of rotatable bonds is 5. The lowest BCUT2D eigenvalue weighted by Crippen LogP contribution is -2.55. The average molecular weight is 650 g/mol. The maximum absolute atomic E-state index is 6.35. The van der Waals surface area contributed by atoms with E-state index in [1.54, 1.807) is 0 Å². The number of hydrogen-bond donors (Lipinski definition) is 0. The van der Waals surface area contributed by atoms with Crippen molar-refractivity contribution in [3.63, 3.8) is 0 Å². The van der Waals surface area contributed by atoms with Gasteiger partial charge in [-0.2, -0.15) is 0 Å². The zero-order chi connectivity index (χ0) is 37.3. The van der Waals surface area contributed by atoms with Crippen molar-refractivity contribution >= 4 is 155 Å². The minimum Gasteiger partial charge on any atom is -0.456 e. The summed E-state index contributed by atoms with van der Waals surface area (Å²) in [6, 6.07) is 28.6. The van der Waals surface area contributed by atoms with Gasteiger partial charge in [-0.25, -0.2) is 15.0 Å². The van der Waals surface area contributed by atoms with Crippen molar-refractivity contribution in [2.45, 2.75) is 0 Å². The Morgan fingerprint density at radius 3 is 1.28 bits per heavy atom. The van der Waals surface area contributed by atoms with Gasteiger partial charge in [0.25, 0.3) is 0 Å². The lowest BCUT2D eigenvalue weighted by molar-refractivity contribution is 0.669. The monoisotopic (exact) mass is 651 g/mol. The first-order valence-corrected chi connectivity index (χ1v) is 16.3. The third-order valence-corrected chi connectivity index (χ3v) is 9.52. The van der Waals surface area contributed by atoms with Gasteiger partial charge in [0, 0.05) is 27.5 Å². The van der Waals surface area contributed by atoms with Gasteiger partial charge in [-0.1, -0.05) is 82.5 Å². The smallest absolute Gasteiger partial charge is 0.164 e. The second-order valence-electron chi connectivity index (χ2n) is 12.7. The lowest BCUT2D eigenvalue weighted by Gasteiger charge is -2.21. The molecule has 0 spiro atoms. The second kappa shape index (κ2) is 13.3. The highest BCUT2D eigenvalue weighted by Crippen LogP contribution is 2.34. The molecule has 0 amide bonds. The normalized spacial score (nSPS) is 11.4. The molecule has 0 saturated heterocycles. The molecule has 222 valence electrons. The SMILES string of the molecule is [B]c1c([B])c([B])c(-c2ccc(-c3nc(-c4ccccc4)nc(-c4ccc5oc6cc(-c7c([B])c([B])c([B])c([B])c7[B])ccc6c5c4)n3)cc2)c([B])c1[B]. The molecule has 0 saturated carbocycles. The number of fused-ring (bicyclic) bond motifs is 3. The molecule has 2 aromatic heterocycles. The van der Waals surface area contributed by atoms with Crippen molar-refractivity contribution in [2.24, 2.45) is 0 Å². The Kier molecular flexibility index (Phi) is 8.76. The summed E-state index contributed by atoms with van der Waals surface area (Å²) in [7, 11) is 61.9. The molecule has 0 N–H and O–H groups in total. The number of hydrogen-bond acceptors (Lipinski definition) is 4. The molecule has 0 bridgehead atoms. The number of furan rings is 1. The van der Waals surface area contributed by atoms with E-state index in [0.29, 0.717) is 50.9 Å². The van der Waals surface area contributed by atoms with Crippen LogP contribution >= 0.6 is 0 Å². The molecule has 6 aromatic carbocycles. The minimum absolute atomic E-state index is 0.153. The fourth-order valence-corrected chi connectivity index (χ4v) is 6.53. The predicted molar refractivity (Wildman–Crippen MR) is 228 cm³/mol. The summed E-state index contributed by atoms with van der Waals surface area (Å²) in [4.78, 5) is 14.7. The van der Waals surface area contributed by atoms with E-state index >= 15 is 0 Å². The van der Waals surface area contributed by atoms with Crippen LogP contribution in [-0.2, 0) is 0 Å². The summed E-state index contributed by atoms with van der Waals surface area (Å²) in [5.41, 5.74) is 7.97. The Bertz CT molecular complexity index is 2730. The maximum atomic E-state index is 6.35. The zero-order valence-electron chi connectivity index (χ0n) is 28.2. The van der Waals surface area contributed by atoms with Crippen LogP contribution in [0.1, 0.15) is 0 Å². The van der Waals surface area contributed by atoms with Crippen LogP contribution in [0.2, 0.25) is 0 Å². The van der Waals surface area contributed by atoms with Gasteiger partial charge >= 0.3 is 0 Å². The first kappa shape index (κ1) is 34.8. The topological polar surface area (TPSA) is 51.8 Å². The van der Waals surface area contributed by atoms with Gasteiger partial charge in [-0.15, -0.1) is 32.8 Å². The summed E-state index contributed by atoms with van der Waals surface area (Å²) in [5.74, 6) is 1.42. The first-order chi connectivity index (χ1) is 25.4. The van der Waals surface area contributed by atoms with E-state index < -0.39 is 0 Å². The molecule has 0 unspecified atom stereocenters. The Hall–Kier alpha value is -5.22. The molecular formula is C39H15B10N3O. The summed E-state index contributed by atoms with van der Waals surface area (Å²) >= 11 is 0. The predicted octanol–water partition coefficient (Wildman–Crippen LogP) is -1.96. The van der Waals surface area contributed by atoms with Gasteiger partial charge in [-0.3, -0.25) is 0 Å². The molecule has 4 nitrogen and oxygen atoms in total. The Labute approximate surface area is 320 Å². The molecule has 0 atom stereocenters. The second-order valence-corrected chi connectivity index (χ2v) is 12.7. The third-order valence-electron chi connectivity index (χ3n) is 9.52. The fraction of sp³-hybridized carbons (Fsp3) is 0. The first-order valence-electron chi connectivity index (χ1n) is 16.3. The highest BCUT2D eigenvalue weighted by Gasteiger charge is 2.18. The largest absolute Gasteiger partial charge is 0.456 e. The van der Waals surface area contributed by atoms with Crippen LogP contribution in [0.3, 0.4) is 0 Å². The van der Waals surface area contributed by atoms with Crippen molar-refractivity contribution < 1.29 is 4.42 Å². The van der Waals surface area contributed by atoms with Crippen LogP contribution in [0.25, 0.3) is 78.4 Å². The highest BCUT2D eigenvalue weighted by molar-refractivity contribution is 6.69. The molecular weight excluding hydrogens is 635 g/mol. The molecule has 14 heteroatoms. The maximum Gasteiger partial charge on any atom is 0.164 e. The number of benzene rings is 6. The van der Waals surface area contributed by atoms with Gasteiger partial charge in [0.1, 0.15) is 89.6 Å². The van der Waals surface area contributed by atoms with Gasteiger partial charge in [-0.05, 0) is 52.6 Å². The van der Waals surface area contributed by atoms with Gasteiger partial charge in [0.05, 0.1) is 0 Å². The molecule has 0 aliphatic carbocycles. The van der Waals surface area contributed by atoms with E-state index in [1.165, 1.54) is 0 Å². The quantitative estimate of drug-likeness (QED) is 0.204. The van der Waals surface area contributed by atoms with Crippen LogP contribution in [-0.4, -0.2) is 93.4 Å².